The van der Waals surface area contributed by atoms with Crippen molar-refractivity contribution < 1.29 is 22.7 Å². The van der Waals surface area contributed by atoms with Crippen LogP contribution in [0.3, 0.4) is 0 Å². The number of alkyl halides is 3. The molecule has 2 aromatic rings. The Kier molecular flexibility index (Phi) is 5.54. The fourth-order valence-corrected chi connectivity index (χ4v) is 3.02. The van der Waals surface area contributed by atoms with Gasteiger partial charge in [-0.3, -0.25) is 4.79 Å². The van der Waals surface area contributed by atoms with Crippen molar-refractivity contribution in [1.82, 2.24) is 0 Å². The van der Waals surface area contributed by atoms with E-state index in [1.807, 2.05) is 25.1 Å². The monoisotopic (exact) mass is 375 g/mol. The first-order chi connectivity index (χ1) is 12.9. The van der Waals surface area contributed by atoms with Crippen LogP contribution in [0.25, 0.3) is 5.57 Å². The Labute approximate surface area is 155 Å². The fourth-order valence-electron chi connectivity index (χ4n) is 3.02. The largest absolute Gasteiger partial charge is 0.493 e. The van der Waals surface area contributed by atoms with E-state index in [9.17, 15) is 18.0 Å². The van der Waals surface area contributed by atoms with Crippen LogP contribution in [0.5, 0.6) is 5.75 Å². The van der Waals surface area contributed by atoms with Crippen LogP contribution in [0.1, 0.15) is 36.5 Å². The number of nitrogens with one attached hydrogen (secondary N) is 1. The van der Waals surface area contributed by atoms with Crippen LogP contribution in [0.15, 0.2) is 48.5 Å². The van der Waals surface area contributed by atoms with Crippen LogP contribution in [-0.4, -0.2) is 12.5 Å². The van der Waals surface area contributed by atoms with Crippen molar-refractivity contribution in [3.63, 3.8) is 0 Å². The molecule has 3 nitrogen and oxygen atoms in total. The van der Waals surface area contributed by atoms with Crippen molar-refractivity contribution in [3.05, 3.63) is 65.2 Å². The zero-order valence-electron chi connectivity index (χ0n) is 14.9. The molecular formula is C21H20F3NO2. The molecule has 0 aliphatic carbocycles. The molecule has 0 saturated heterocycles. The van der Waals surface area contributed by atoms with Crippen LogP contribution >= 0.6 is 0 Å². The molecule has 0 spiro atoms. The van der Waals surface area contributed by atoms with Gasteiger partial charge >= 0.3 is 6.18 Å². The molecule has 6 heteroatoms. The number of hydrogen-bond acceptors (Lipinski definition) is 2. The van der Waals surface area contributed by atoms with Gasteiger partial charge in [-0.1, -0.05) is 25.1 Å². The normalized spacial score (nSPS) is 15.6. The molecule has 1 heterocycles. The maximum atomic E-state index is 12.9. The Morgan fingerprint density at radius 2 is 2.04 bits per heavy atom. The highest BCUT2D eigenvalue weighted by Crippen LogP contribution is 2.38. The average molecular weight is 375 g/mol. The van der Waals surface area contributed by atoms with Gasteiger partial charge in [-0.15, -0.1) is 0 Å². The van der Waals surface area contributed by atoms with Crippen molar-refractivity contribution in [3.8, 4) is 5.75 Å². The number of carbonyl (C=O) groups is 1. The van der Waals surface area contributed by atoms with E-state index in [-0.39, 0.29) is 11.7 Å². The molecule has 0 radical (unpaired) electrons. The number of aryl methyl sites for hydroxylation is 1. The lowest BCUT2D eigenvalue weighted by Gasteiger charge is -2.13. The molecule has 1 aliphatic rings. The van der Waals surface area contributed by atoms with Gasteiger partial charge in [0.25, 0.3) is 0 Å². The summed E-state index contributed by atoms with van der Waals surface area (Å²) in [4.78, 5) is 12.4. The quantitative estimate of drug-likeness (QED) is 0.723. The molecule has 142 valence electrons. The number of fused-ring (bicyclic) bond motifs is 1. The maximum absolute atomic E-state index is 12.9. The average Bonchev–Trinajstić information content (AvgIpc) is 2.83. The highest BCUT2D eigenvalue weighted by atomic mass is 19.4. The summed E-state index contributed by atoms with van der Waals surface area (Å²) in [5.41, 5.74) is 2.23. The predicted molar refractivity (Wildman–Crippen MR) is 98.6 cm³/mol. The smallest absolute Gasteiger partial charge is 0.416 e. The first-order valence-corrected chi connectivity index (χ1v) is 8.81. The summed E-state index contributed by atoms with van der Waals surface area (Å²) in [5.74, 6) is -0.152. The lowest BCUT2D eigenvalue weighted by Crippen LogP contribution is -2.09. The molecule has 2 aromatic carbocycles. The number of carbonyl (C=O) groups excluding carboxylic acids is 1. The number of rotatable bonds is 3. The maximum Gasteiger partial charge on any atom is 0.416 e. The van der Waals surface area contributed by atoms with Gasteiger partial charge in [0, 0.05) is 17.3 Å². The number of ether oxygens (including phenoxy) is 1. The van der Waals surface area contributed by atoms with Crippen molar-refractivity contribution in [1.29, 1.82) is 0 Å². The summed E-state index contributed by atoms with van der Waals surface area (Å²) in [6, 6.07) is 10.9. The molecule has 0 fully saturated rings. The minimum absolute atomic E-state index is 0.161. The van der Waals surface area contributed by atoms with E-state index in [0.29, 0.717) is 36.3 Å². The van der Waals surface area contributed by atoms with Gasteiger partial charge in [-0.05, 0) is 54.7 Å². The number of benzene rings is 2. The summed E-state index contributed by atoms with van der Waals surface area (Å²) >= 11 is 0. The second-order valence-corrected chi connectivity index (χ2v) is 6.37. The Morgan fingerprint density at radius 1 is 1.22 bits per heavy atom. The SMILES string of the molecule is CCc1cccc(NC(=O)/C=C2\CCCOc3cc(C(F)(F)F)ccc32)c1. The van der Waals surface area contributed by atoms with Gasteiger partial charge in [0.2, 0.25) is 5.91 Å². The van der Waals surface area contributed by atoms with Gasteiger partial charge in [0.05, 0.1) is 12.2 Å². The molecule has 0 unspecified atom stereocenters. The molecule has 1 amide bonds. The summed E-state index contributed by atoms with van der Waals surface area (Å²) in [6.07, 6.45) is -0.950. The molecule has 3 rings (SSSR count). The van der Waals surface area contributed by atoms with Gasteiger partial charge in [0.15, 0.2) is 0 Å². The molecule has 0 saturated carbocycles. The second-order valence-electron chi connectivity index (χ2n) is 6.37. The highest BCUT2D eigenvalue weighted by Gasteiger charge is 2.32. The van der Waals surface area contributed by atoms with Gasteiger partial charge < -0.3 is 10.1 Å². The predicted octanol–water partition coefficient (Wildman–Crippen LogP) is 5.46. The number of anilines is 1. The molecular weight excluding hydrogens is 355 g/mol. The summed E-state index contributed by atoms with van der Waals surface area (Å²) in [7, 11) is 0. The molecule has 1 N–H and O–H groups in total. The van der Waals surface area contributed by atoms with Crippen molar-refractivity contribution in [2.45, 2.75) is 32.4 Å². The third-order valence-corrected chi connectivity index (χ3v) is 4.41. The van der Waals surface area contributed by atoms with E-state index in [1.165, 1.54) is 12.1 Å². The number of allylic oxidation sites excluding steroid dienone is 1. The first-order valence-electron chi connectivity index (χ1n) is 8.81. The standard InChI is InChI=1S/C21H20F3NO2/c1-2-14-5-3-7-17(11-14)25-20(26)12-15-6-4-10-27-19-13-16(21(22,23)24)8-9-18(15)19/h3,5,7-9,11-13H,2,4,6,10H2,1H3,(H,25,26)/b15-12+. The Morgan fingerprint density at radius 3 is 2.78 bits per heavy atom. The third kappa shape index (κ3) is 4.70. The number of amides is 1. The Hall–Kier alpha value is -2.76. The van der Waals surface area contributed by atoms with Crippen molar-refractivity contribution in [2.75, 3.05) is 11.9 Å². The first kappa shape index (κ1) is 19.0. The van der Waals surface area contributed by atoms with E-state index < -0.39 is 11.7 Å². The van der Waals surface area contributed by atoms with Crippen LogP contribution in [0.4, 0.5) is 18.9 Å². The third-order valence-electron chi connectivity index (χ3n) is 4.41. The number of hydrogen-bond donors (Lipinski definition) is 1. The summed E-state index contributed by atoms with van der Waals surface area (Å²) < 4.78 is 44.3. The van der Waals surface area contributed by atoms with Crippen molar-refractivity contribution in [2.24, 2.45) is 0 Å². The zero-order valence-corrected chi connectivity index (χ0v) is 14.9. The molecule has 0 aromatic heterocycles. The van der Waals surface area contributed by atoms with Crippen LogP contribution in [0.2, 0.25) is 0 Å². The van der Waals surface area contributed by atoms with E-state index in [0.717, 1.165) is 24.1 Å². The topological polar surface area (TPSA) is 38.3 Å². The fraction of sp³-hybridized carbons (Fsp3) is 0.286. The van der Waals surface area contributed by atoms with Gasteiger partial charge in [-0.2, -0.15) is 13.2 Å². The molecule has 1 aliphatic heterocycles. The Bertz CT molecular complexity index is 872. The minimum atomic E-state index is -4.43. The second kappa shape index (κ2) is 7.86. The van der Waals surface area contributed by atoms with E-state index >= 15 is 0 Å². The summed E-state index contributed by atoms with van der Waals surface area (Å²) in [5, 5.41) is 2.81. The van der Waals surface area contributed by atoms with Crippen molar-refractivity contribution >= 4 is 17.2 Å². The molecule has 27 heavy (non-hydrogen) atoms. The van der Waals surface area contributed by atoms with Crippen LogP contribution in [0, 0.1) is 0 Å². The molecule has 0 bridgehead atoms. The Balaban J connectivity index is 1.86. The highest BCUT2D eigenvalue weighted by molar-refractivity contribution is 6.04. The minimum Gasteiger partial charge on any atom is -0.493 e. The van der Waals surface area contributed by atoms with E-state index in [2.05, 4.69) is 5.32 Å². The molecule has 0 atom stereocenters. The number of halogens is 3. The van der Waals surface area contributed by atoms with Gasteiger partial charge in [-0.25, -0.2) is 0 Å². The van der Waals surface area contributed by atoms with Crippen LogP contribution in [-0.2, 0) is 17.4 Å². The zero-order chi connectivity index (χ0) is 19.4. The van der Waals surface area contributed by atoms with E-state index in [1.54, 1.807) is 6.07 Å². The lowest BCUT2D eigenvalue weighted by atomic mass is 9.99. The van der Waals surface area contributed by atoms with Gasteiger partial charge in [0.1, 0.15) is 5.75 Å². The van der Waals surface area contributed by atoms with Crippen LogP contribution < -0.4 is 10.1 Å². The lowest BCUT2D eigenvalue weighted by molar-refractivity contribution is -0.137. The summed E-state index contributed by atoms with van der Waals surface area (Å²) in [6.45, 7) is 2.34. The van der Waals surface area contributed by atoms with E-state index in [4.69, 9.17) is 4.74 Å².